The van der Waals surface area contributed by atoms with Crippen molar-refractivity contribution in [1.82, 2.24) is 0 Å². The fourth-order valence-electron chi connectivity index (χ4n) is 1.69. The monoisotopic (exact) mass is 218 g/mol. The van der Waals surface area contributed by atoms with Crippen LogP contribution >= 0.6 is 0 Å². The third-order valence-corrected chi connectivity index (χ3v) is 2.73. The summed E-state index contributed by atoms with van der Waals surface area (Å²) >= 11 is 0. The molecular formula is C15H22O. The third kappa shape index (κ3) is 3.82. The van der Waals surface area contributed by atoms with Gasteiger partial charge in [0.05, 0.1) is 6.10 Å². The summed E-state index contributed by atoms with van der Waals surface area (Å²) in [4.78, 5) is 0. The number of aliphatic hydroxyl groups excluding tert-OH is 1. The molecule has 0 radical (unpaired) electrons. The van der Waals surface area contributed by atoms with Gasteiger partial charge in [-0.15, -0.1) is 6.58 Å². The zero-order valence-corrected chi connectivity index (χ0v) is 10.5. The molecule has 0 heterocycles. The van der Waals surface area contributed by atoms with Crippen LogP contribution in [-0.4, -0.2) is 11.2 Å². The van der Waals surface area contributed by atoms with Crippen molar-refractivity contribution in [3.63, 3.8) is 0 Å². The summed E-state index contributed by atoms with van der Waals surface area (Å²) in [6.07, 6.45) is 2.81. The Hall–Kier alpha value is -1.08. The molecule has 1 heteroatoms. The summed E-state index contributed by atoms with van der Waals surface area (Å²) in [5.74, 6) is 0. The van der Waals surface area contributed by atoms with Crippen LogP contribution in [0.2, 0.25) is 0 Å². The highest BCUT2D eigenvalue weighted by Gasteiger charge is 2.13. The SMILES string of the molecule is C=CCC(O)Cc1ccc(C(C)(C)C)cc1. The van der Waals surface area contributed by atoms with Gasteiger partial charge in [-0.2, -0.15) is 0 Å². The molecule has 0 aromatic heterocycles. The average molecular weight is 218 g/mol. The first-order valence-corrected chi connectivity index (χ1v) is 5.82. The van der Waals surface area contributed by atoms with Gasteiger partial charge in [-0.1, -0.05) is 51.1 Å². The van der Waals surface area contributed by atoms with Gasteiger partial charge in [-0.05, 0) is 29.4 Å². The molecule has 88 valence electrons. The maximum atomic E-state index is 9.66. The number of rotatable bonds is 4. The van der Waals surface area contributed by atoms with Crippen LogP contribution in [0, 0.1) is 0 Å². The number of aliphatic hydroxyl groups is 1. The lowest BCUT2D eigenvalue weighted by atomic mass is 9.86. The van der Waals surface area contributed by atoms with Gasteiger partial charge in [-0.3, -0.25) is 0 Å². The number of benzene rings is 1. The van der Waals surface area contributed by atoms with Gasteiger partial charge in [0.1, 0.15) is 0 Å². The summed E-state index contributed by atoms with van der Waals surface area (Å²) in [7, 11) is 0. The van der Waals surface area contributed by atoms with Gasteiger partial charge in [-0.25, -0.2) is 0 Å². The van der Waals surface area contributed by atoms with E-state index in [1.165, 1.54) is 11.1 Å². The molecule has 1 atom stereocenters. The van der Waals surface area contributed by atoms with E-state index in [2.05, 4.69) is 51.6 Å². The van der Waals surface area contributed by atoms with Gasteiger partial charge >= 0.3 is 0 Å². The lowest BCUT2D eigenvalue weighted by Gasteiger charge is -2.19. The molecule has 0 spiro atoms. The van der Waals surface area contributed by atoms with E-state index in [-0.39, 0.29) is 11.5 Å². The zero-order valence-electron chi connectivity index (χ0n) is 10.5. The van der Waals surface area contributed by atoms with Crippen molar-refractivity contribution in [2.45, 2.75) is 45.1 Å². The fourth-order valence-corrected chi connectivity index (χ4v) is 1.69. The second-order valence-corrected chi connectivity index (χ2v) is 5.33. The minimum absolute atomic E-state index is 0.193. The normalized spacial score (nSPS) is 13.5. The third-order valence-electron chi connectivity index (χ3n) is 2.73. The minimum Gasteiger partial charge on any atom is -0.392 e. The van der Waals surface area contributed by atoms with E-state index in [4.69, 9.17) is 0 Å². The van der Waals surface area contributed by atoms with Crippen LogP contribution < -0.4 is 0 Å². The topological polar surface area (TPSA) is 20.2 Å². The van der Waals surface area contributed by atoms with Crippen LogP contribution in [0.1, 0.15) is 38.3 Å². The molecule has 0 amide bonds. The molecule has 1 aromatic rings. The predicted octanol–water partition coefficient (Wildman–Crippen LogP) is 3.46. The Balaban J connectivity index is 2.68. The summed E-state index contributed by atoms with van der Waals surface area (Å²) in [5, 5.41) is 9.66. The van der Waals surface area contributed by atoms with Crippen molar-refractivity contribution in [2.24, 2.45) is 0 Å². The molecular weight excluding hydrogens is 196 g/mol. The molecule has 0 aliphatic heterocycles. The van der Waals surface area contributed by atoms with E-state index in [0.717, 1.165) is 0 Å². The second-order valence-electron chi connectivity index (χ2n) is 5.33. The minimum atomic E-state index is -0.307. The van der Waals surface area contributed by atoms with Crippen molar-refractivity contribution in [2.75, 3.05) is 0 Å². The summed E-state index contributed by atoms with van der Waals surface area (Å²) < 4.78 is 0. The second kappa shape index (κ2) is 5.31. The van der Waals surface area contributed by atoms with Gasteiger partial charge in [0, 0.05) is 0 Å². The molecule has 0 bridgehead atoms. The van der Waals surface area contributed by atoms with Crippen LogP contribution in [0.3, 0.4) is 0 Å². The maximum absolute atomic E-state index is 9.66. The largest absolute Gasteiger partial charge is 0.392 e. The lowest BCUT2D eigenvalue weighted by molar-refractivity contribution is 0.178. The highest BCUT2D eigenvalue weighted by molar-refractivity contribution is 5.27. The van der Waals surface area contributed by atoms with E-state index < -0.39 is 0 Å². The van der Waals surface area contributed by atoms with E-state index in [1.54, 1.807) is 6.08 Å². The van der Waals surface area contributed by atoms with Crippen LogP contribution in [0.5, 0.6) is 0 Å². The van der Waals surface area contributed by atoms with Gasteiger partial charge in [0.25, 0.3) is 0 Å². The number of hydrogen-bond acceptors (Lipinski definition) is 1. The summed E-state index contributed by atoms with van der Waals surface area (Å²) in [6.45, 7) is 10.2. The maximum Gasteiger partial charge on any atom is 0.0614 e. The molecule has 1 N–H and O–H groups in total. The van der Waals surface area contributed by atoms with Crippen molar-refractivity contribution in [3.05, 3.63) is 48.0 Å². The van der Waals surface area contributed by atoms with Crippen LogP contribution in [0.4, 0.5) is 0 Å². The molecule has 1 aromatic carbocycles. The first-order chi connectivity index (χ1) is 7.43. The van der Waals surface area contributed by atoms with Crippen LogP contribution in [-0.2, 0) is 11.8 Å². The molecule has 16 heavy (non-hydrogen) atoms. The van der Waals surface area contributed by atoms with Gasteiger partial charge < -0.3 is 5.11 Å². The van der Waals surface area contributed by atoms with E-state index in [1.807, 2.05) is 0 Å². The highest BCUT2D eigenvalue weighted by Crippen LogP contribution is 2.22. The molecule has 1 unspecified atom stereocenters. The summed E-state index contributed by atoms with van der Waals surface area (Å²) in [5.41, 5.74) is 2.70. The first-order valence-electron chi connectivity index (χ1n) is 5.82. The van der Waals surface area contributed by atoms with Gasteiger partial charge in [0.2, 0.25) is 0 Å². The molecule has 0 aliphatic carbocycles. The Labute approximate surface area is 98.8 Å². The fraction of sp³-hybridized carbons (Fsp3) is 0.467. The van der Waals surface area contributed by atoms with Crippen molar-refractivity contribution < 1.29 is 5.11 Å². The van der Waals surface area contributed by atoms with Crippen molar-refractivity contribution >= 4 is 0 Å². The molecule has 0 fully saturated rings. The standard InChI is InChI=1S/C15H22O/c1-5-6-14(16)11-12-7-9-13(10-8-12)15(2,3)4/h5,7-10,14,16H,1,6,11H2,2-4H3. The number of hydrogen-bond donors (Lipinski definition) is 1. The molecule has 0 saturated carbocycles. The Bertz CT molecular complexity index is 329. The predicted molar refractivity (Wildman–Crippen MR) is 69.7 cm³/mol. The lowest BCUT2D eigenvalue weighted by Crippen LogP contribution is -2.12. The van der Waals surface area contributed by atoms with E-state index in [0.29, 0.717) is 12.8 Å². The zero-order chi connectivity index (χ0) is 12.2. The van der Waals surface area contributed by atoms with Gasteiger partial charge in [0.15, 0.2) is 0 Å². The van der Waals surface area contributed by atoms with E-state index in [9.17, 15) is 5.11 Å². The van der Waals surface area contributed by atoms with E-state index >= 15 is 0 Å². The van der Waals surface area contributed by atoms with Crippen LogP contribution in [0.25, 0.3) is 0 Å². The Morgan fingerprint density at radius 1 is 1.25 bits per heavy atom. The Morgan fingerprint density at radius 2 is 1.81 bits per heavy atom. The summed E-state index contributed by atoms with van der Waals surface area (Å²) in [6, 6.07) is 8.51. The molecule has 1 nitrogen and oxygen atoms in total. The Morgan fingerprint density at radius 3 is 2.25 bits per heavy atom. The molecule has 1 rings (SSSR count). The highest BCUT2D eigenvalue weighted by atomic mass is 16.3. The Kier molecular flexibility index (Phi) is 4.31. The van der Waals surface area contributed by atoms with Crippen molar-refractivity contribution in [1.29, 1.82) is 0 Å². The van der Waals surface area contributed by atoms with Crippen LogP contribution in [0.15, 0.2) is 36.9 Å². The first kappa shape index (κ1) is 13.0. The quantitative estimate of drug-likeness (QED) is 0.767. The smallest absolute Gasteiger partial charge is 0.0614 e. The van der Waals surface area contributed by atoms with Crippen molar-refractivity contribution in [3.8, 4) is 0 Å². The average Bonchev–Trinajstić information content (AvgIpc) is 2.17. The molecule has 0 saturated heterocycles. The molecule has 0 aliphatic rings.